The lowest BCUT2D eigenvalue weighted by atomic mass is 10.1. The van der Waals surface area contributed by atoms with Gasteiger partial charge in [-0.25, -0.2) is 15.0 Å². The summed E-state index contributed by atoms with van der Waals surface area (Å²) in [4.78, 5) is 13.1. The molecule has 2 aromatic heterocycles. The molecule has 0 atom stereocenters. The molecule has 28 heavy (non-hydrogen) atoms. The number of nitrogens with zero attached hydrogens (tertiary/aromatic N) is 3. The Kier molecular flexibility index (Phi) is 4.42. The lowest BCUT2D eigenvalue weighted by Crippen LogP contribution is -2.26. The third-order valence-electron chi connectivity index (χ3n) is 4.74. The molecule has 7 nitrogen and oxygen atoms in total. The molecule has 0 aliphatic carbocycles. The van der Waals surface area contributed by atoms with Gasteiger partial charge in [0.15, 0.2) is 0 Å². The van der Waals surface area contributed by atoms with Crippen molar-refractivity contribution in [2.75, 3.05) is 18.5 Å². The number of rotatable bonds is 4. The van der Waals surface area contributed by atoms with Crippen LogP contribution in [-0.2, 0) is 4.74 Å². The van der Waals surface area contributed by atoms with E-state index in [0.29, 0.717) is 30.3 Å². The summed E-state index contributed by atoms with van der Waals surface area (Å²) >= 11 is 1.59. The van der Waals surface area contributed by atoms with Gasteiger partial charge in [-0.15, -0.1) is 11.3 Å². The van der Waals surface area contributed by atoms with Crippen molar-refractivity contribution in [3.63, 3.8) is 0 Å². The van der Waals surface area contributed by atoms with Gasteiger partial charge in [-0.2, -0.15) is 0 Å². The molecule has 1 aliphatic rings. The van der Waals surface area contributed by atoms with E-state index in [1.165, 1.54) is 6.33 Å². The zero-order valence-electron chi connectivity index (χ0n) is 15.0. The van der Waals surface area contributed by atoms with Crippen molar-refractivity contribution < 1.29 is 14.6 Å². The number of thiazole rings is 1. The third kappa shape index (κ3) is 3.32. The molecule has 1 saturated heterocycles. The zero-order chi connectivity index (χ0) is 18.9. The highest BCUT2D eigenvalue weighted by Crippen LogP contribution is 2.36. The molecular formula is C20H18N4O3S. The van der Waals surface area contributed by atoms with E-state index in [4.69, 9.17) is 9.47 Å². The fourth-order valence-corrected chi connectivity index (χ4v) is 4.09. The maximum Gasteiger partial charge on any atom is 0.145 e. The predicted molar refractivity (Wildman–Crippen MR) is 109 cm³/mol. The van der Waals surface area contributed by atoms with Crippen LogP contribution in [0.5, 0.6) is 11.5 Å². The lowest BCUT2D eigenvalue weighted by molar-refractivity contribution is 0.0261. The van der Waals surface area contributed by atoms with Crippen LogP contribution >= 0.6 is 11.3 Å². The third-order valence-corrected chi connectivity index (χ3v) is 5.53. The van der Waals surface area contributed by atoms with Gasteiger partial charge >= 0.3 is 0 Å². The first kappa shape index (κ1) is 17.2. The molecule has 3 heterocycles. The van der Waals surface area contributed by atoms with Gasteiger partial charge in [0, 0.05) is 30.7 Å². The molecule has 4 aromatic rings. The number of aromatic nitrogens is 3. The fourth-order valence-electron chi connectivity index (χ4n) is 3.37. The summed E-state index contributed by atoms with van der Waals surface area (Å²) in [6.07, 6.45) is 3.15. The second-order valence-corrected chi connectivity index (χ2v) is 7.54. The largest absolute Gasteiger partial charge is 0.508 e. The van der Waals surface area contributed by atoms with E-state index >= 15 is 0 Å². The predicted octanol–water partition coefficient (Wildman–Crippen LogP) is 4.25. The van der Waals surface area contributed by atoms with Gasteiger partial charge in [-0.05, 0) is 18.2 Å². The van der Waals surface area contributed by atoms with Crippen molar-refractivity contribution in [1.29, 1.82) is 0 Å². The minimum absolute atomic E-state index is 0.0420. The minimum Gasteiger partial charge on any atom is -0.508 e. The summed E-state index contributed by atoms with van der Waals surface area (Å²) in [5.74, 6) is 1.32. The van der Waals surface area contributed by atoms with E-state index in [2.05, 4.69) is 20.3 Å². The summed E-state index contributed by atoms with van der Waals surface area (Å²) in [6, 6.07) is 9.22. The van der Waals surface area contributed by atoms with Gasteiger partial charge in [0.25, 0.3) is 0 Å². The van der Waals surface area contributed by atoms with E-state index in [1.54, 1.807) is 23.5 Å². The van der Waals surface area contributed by atoms with E-state index in [9.17, 15) is 5.11 Å². The Morgan fingerprint density at radius 3 is 2.86 bits per heavy atom. The SMILES string of the molecule is Oc1cc(OC2CCOCC2)c2c(Nc3ccc4ncsc4c3)ncnc2c1. The molecule has 0 bridgehead atoms. The maximum atomic E-state index is 10.1. The van der Waals surface area contributed by atoms with Crippen LogP contribution in [0.2, 0.25) is 0 Å². The van der Waals surface area contributed by atoms with Crippen LogP contribution in [0, 0.1) is 0 Å². The lowest BCUT2D eigenvalue weighted by Gasteiger charge is -2.24. The van der Waals surface area contributed by atoms with E-state index < -0.39 is 0 Å². The molecule has 0 unspecified atom stereocenters. The topological polar surface area (TPSA) is 89.4 Å². The standard InChI is InChI=1S/C20H18N4O3S/c25-13-8-16-19(17(9-13)27-14-3-5-26-6-4-14)20(22-10-21-16)24-12-1-2-15-18(7-12)28-11-23-15/h1-2,7-11,14,25H,3-6H2,(H,21,22,24). The van der Waals surface area contributed by atoms with Gasteiger partial charge in [-0.3, -0.25) is 0 Å². The zero-order valence-corrected chi connectivity index (χ0v) is 15.8. The quantitative estimate of drug-likeness (QED) is 0.535. The van der Waals surface area contributed by atoms with Crippen LogP contribution in [-0.4, -0.2) is 39.4 Å². The molecule has 1 aliphatic heterocycles. The highest BCUT2D eigenvalue weighted by atomic mass is 32.1. The normalized spacial score (nSPS) is 15.1. The van der Waals surface area contributed by atoms with Crippen LogP contribution < -0.4 is 10.1 Å². The summed E-state index contributed by atoms with van der Waals surface area (Å²) in [6.45, 7) is 1.36. The number of phenols is 1. The highest BCUT2D eigenvalue weighted by molar-refractivity contribution is 7.16. The first-order chi connectivity index (χ1) is 13.8. The van der Waals surface area contributed by atoms with E-state index in [-0.39, 0.29) is 11.9 Å². The Morgan fingerprint density at radius 1 is 1.07 bits per heavy atom. The molecule has 8 heteroatoms. The summed E-state index contributed by atoms with van der Waals surface area (Å²) in [5.41, 5.74) is 4.33. The van der Waals surface area contributed by atoms with Crippen LogP contribution in [0.15, 0.2) is 42.2 Å². The summed E-state index contributed by atoms with van der Waals surface area (Å²) < 4.78 is 12.7. The molecule has 142 valence electrons. The van der Waals surface area contributed by atoms with Crippen molar-refractivity contribution in [2.24, 2.45) is 0 Å². The average Bonchev–Trinajstić information content (AvgIpc) is 3.16. The van der Waals surface area contributed by atoms with Gasteiger partial charge in [0.1, 0.15) is 29.7 Å². The second-order valence-electron chi connectivity index (χ2n) is 6.65. The second kappa shape index (κ2) is 7.21. The Labute approximate surface area is 165 Å². The van der Waals surface area contributed by atoms with E-state index in [0.717, 1.165) is 34.1 Å². The van der Waals surface area contributed by atoms with Crippen LogP contribution in [0.25, 0.3) is 21.1 Å². The molecule has 0 spiro atoms. The van der Waals surface area contributed by atoms with Crippen molar-refractivity contribution in [1.82, 2.24) is 15.0 Å². The first-order valence-electron chi connectivity index (χ1n) is 9.09. The Hall–Kier alpha value is -2.97. The number of anilines is 2. The molecule has 2 aromatic carbocycles. The number of aromatic hydroxyl groups is 1. The van der Waals surface area contributed by atoms with Gasteiger partial charge in [0.2, 0.25) is 0 Å². The average molecular weight is 394 g/mol. The number of fused-ring (bicyclic) bond motifs is 2. The molecule has 0 radical (unpaired) electrons. The highest BCUT2D eigenvalue weighted by Gasteiger charge is 2.19. The van der Waals surface area contributed by atoms with Crippen molar-refractivity contribution in [3.8, 4) is 11.5 Å². The van der Waals surface area contributed by atoms with Crippen LogP contribution in [0.1, 0.15) is 12.8 Å². The fraction of sp³-hybridized carbons (Fsp3) is 0.250. The Morgan fingerprint density at radius 2 is 1.96 bits per heavy atom. The maximum absolute atomic E-state index is 10.1. The molecule has 0 saturated carbocycles. The van der Waals surface area contributed by atoms with E-state index in [1.807, 2.05) is 23.7 Å². The monoisotopic (exact) mass is 394 g/mol. The molecule has 2 N–H and O–H groups in total. The Bertz CT molecular complexity index is 1140. The number of ether oxygens (including phenoxy) is 2. The minimum atomic E-state index is 0.0420. The summed E-state index contributed by atoms with van der Waals surface area (Å²) in [7, 11) is 0. The molecule has 0 amide bonds. The van der Waals surface area contributed by atoms with Gasteiger partial charge in [-0.1, -0.05) is 0 Å². The van der Waals surface area contributed by atoms with Gasteiger partial charge in [0.05, 0.1) is 39.8 Å². The number of phenolic OH excluding ortho intramolecular Hbond substituents is 1. The van der Waals surface area contributed by atoms with Crippen molar-refractivity contribution in [2.45, 2.75) is 18.9 Å². The molecule has 5 rings (SSSR count). The number of hydrogen-bond donors (Lipinski definition) is 2. The molecular weight excluding hydrogens is 376 g/mol. The summed E-state index contributed by atoms with van der Waals surface area (Å²) in [5, 5.41) is 14.2. The van der Waals surface area contributed by atoms with Crippen LogP contribution in [0.4, 0.5) is 11.5 Å². The van der Waals surface area contributed by atoms with Gasteiger partial charge < -0.3 is 19.9 Å². The number of nitrogens with one attached hydrogen (secondary N) is 1. The molecule has 1 fully saturated rings. The van der Waals surface area contributed by atoms with Crippen molar-refractivity contribution in [3.05, 3.63) is 42.2 Å². The first-order valence-corrected chi connectivity index (χ1v) is 9.96. The van der Waals surface area contributed by atoms with Crippen molar-refractivity contribution >= 4 is 44.0 Å². The Balaban J connectivity index is 1.55. The number of benzene rings is 2. The smallest absolute Gasteiger partial charge is 0.145 e. The van der Waals surface area contributed by atoms with Crippen LogP contribution in [0.3, 0.4) is 0 Å². The number of hydrogen-bond acceptors (Lipinski definition) is 8.